The molecule has 0 heterocycles. The predicted molar refractivity (Wildman–Crippen MR) is 116 cm³/mol. The van der Waals surface area contributed by atoms with E-state index in [1.165, 1.54) is 4.31 Å². The SMILES string of the molecule is CC[C@H](C(=O)Nc1c(C)cccc1C(C)C)N(c1ccc(C)cc1)S(C)(=O)=O. The highest BCUT2D eigenvalue weighted by Gasteiger charge is 2.32. The molecular formula is C22H30N2O3S. The molecule has 0 saturated carbocycles. The minimum atomic E-state index is -3.64. The van der Waals surface area contributed by atoms with Crippen LogP contribution in [0.25, 0.3) is 0 Å². The maximum Gasteiger partial charge on any atom is 0.248 e. The first-order valence-corrected chi connectivity index (χ1v) is 11.4. The van der Waals surface area contributed by atoms with Crippen molar-refractivity contribution in [1.29, 1.82) is 0 Å². The van der Waals surface area contributed by atoms with E-state index >= 15 is 0 Å². The summed E-state index contributed by atoms with van der Waals surface area (Å²) in [5.41, 5.74) is 4.26. The number of carbonyl (C=O) groups excluding carboxylic acids is 1. The maximum absolute atomic E-state index is 13.2. The summed E-state index contributed by atoms with van der Waals surface area (Å²) >= 11 is 0. The Morgan fingerprint density at radius 1 is 1.07 bits per heavy atom. The van der Waals surface area contributed by atoms with Gasteiger partial charge in [-0.05, 0) is 49.4 Å². The first-order valence-electron chi connectivity index (χ1n) is 9.52. The highest BCUT2D eigenvalue weighted by molar-refractivity contribution is 7.92. The molecule has 0 aliphatic heterocycles. The molecule has 0 aliphatic rings. The van der Waals surface area contributed by atoms with E-state index < -0.39 is 16.1 Å². The van der Waals surface area contributed by atoms with Crippen LogP contribution in [0.3, 0.4) is 0 Å². The third-order valence-electron chi connectivity index (χ3n) is 4.79. The Hall–Kier alpha value is -2.34. The van der Waals surface area contributed by atoms with E-state index in [1.807, 2.05) is 51.1 Å². The number of nitrogens with zero attached hydrogens (tertiary/aromatic N) is 1. The van der Waals surface area contributed by atoms with Gasteiger partial charge in [-0.25, -0.2) is 8.42 Å². The second-order valence-electron chi connectivity index (χ2n) is 7.50. The third-order valence-corrected chi connectivity index (χ3v) is 5.97. The van der Waals surface area contributed by atoms with Crippen LogP contribution in [0.15, 0.2) is 42.5 Å². The summed E-state index contributed by atoms with van der Waals surface area (Å²) < 4.78 is 26.3. The molecule has 0 saturated heterocycles. The number of para-hydroxylation sites is 1. The van der Waals surface area contributed by atoms with E-state index in [0.29, 0.717) is 12.1 Å². The second kappa shape index (κ2) is 8.78. The maximum atomic E-state index is 13.2. The molecule has 0 aliphatic carbocycles. The second-order valence-corrected chi connectivity index (χ2v) is 9.36. The van der Waals surface area contributed by atoms with Gasteiger partial charge in [0.05, 0.1) is 11.9 Å². The summed E-state index contributed by atoms with van der Waals surface area (Å²) in [6.45, 7) is 9.83. The van der Waals surface area contributed by atoms with E-state index in [0.717, 1.165) is 28.6 Å². The molecule has 0 radical (unpaired) electrons. The summed E-state index contributed by atoms with van der Waals surface area (Å²) in [6, 6.07) is 12.2. The van der Waals surface area contributed by atoms with Crippen LogP contribution in [0.1, 0.15) is 49.8 Å². The van der Waals surface area contributed by atoms with Crippen molar-refractivity contribution < 1.29 is 13.2 Å². The van der Waals surface area contributed by atoms with Gasteiger partial charge in [-0.3, -0.25) is 9.10 Å². The quantitative estimate of drug-likeness (QED) is 0.735. The number of amides is 1. The van der Waals surface area contributed by atoms with Crippen molar-refractivity contribution in [2.75, 3.05) is 15.9 Å². The minimum absolute atomic E-state index is 0.235. The van der Waals surface area contributed by atoms with Crippen molar-refractivity contribution >= 4 is 27.3 Å². The fourth-order valence-electron chi connectivity index (χ4n) is 3.30. The Morgan fingerprint density at radius 2 is 1.68 bits per heavy atom. The standard InChI is InChI=1S/C22H30N2O3S/c1-7-20(24(28(6,26)27)18-13-11-16(4)12-14-18)22(25)23-21-17(5)9-8-10-19(21)15(2)3/h8-15,20H,7H2,1-6H3,(H,23,25)/t20-/m1/s1. The largest absolute Gasteiger partial charge is 0.324 e. The highest BCUT2D eigenvalue weighted by Crippen LogP contribution is 2.29. The van der Waals surface area contributed by atoms with Crippen molar-refractivity contribution in [3.05, 3.63) is 59.2 Å². The summed E-state index contributed by atoms with van der Waals surface area (Å²) in [7, 11) is -3.64. The molecule has 0 fully saturated rings. The summed E-state index contributed by atoms with van der Waals surface area (Å²) in [5, 5.41) is 3.00. The lowest BCUT2D eigenvalue weighted by atomic mass is 9.98. The number of rotatable bonds is 7. The molecule has 28 heavy (non-hydrogen) atoms. The van der Waals surface area contributed by atoms with Gasteiger partial charge in [0, 0.05) is 5.69 Å². The zero-order valence-electron chi connectivity index (χ0n) is 17.5. The average molecular weight is 403 g/mol. The average Bonchev–Trinajstić information content (AvgIpc) is 2.61. The predicted octanol–water partition coefficient (Wildman–Crippen LogP) is 4.61. The Bertz CT molecular complexity index is 935. The van der Waals surface area contributed by atoms with Gasteiger partial charge in [0.25, 0.3) is 0 Å². The van der Waals surface area contributed by atoms with Crippen LogP contribution < -0.4 is 9.62 Å². The molecule has 2 rings (SSSR count). The molecule has 0 bridgehead atoms. The van der Waals surface area contributed by atoms with Gasteiger partial charge in [-0.1, -0.05) is 56.7 Å². The molecule has 0 aromatic heterocycles. The van der Waals surface area contributed by atoms with Crippen molar-refractivity contribution in [3.8, 4) is 0 Å². The highest BCUT2D eigenvalue weighted by atomic mass is 32.2. The summed E-state index contributed by atoms with van der Waals surface area (Å²) in [4.78, 5) is 13.2. The molecule has 6 heteroatoms. The molecule has 1 amide bonds. The van der Waals surface area contributed by atoms with E-state index in [9.17, 15) is 13.2 Å². The summed E-state index contributed by atoms with van der Waals surface area (Å²) in [6.07, 6.45) is 1.49. The Morgan fingerprint density at radius 3 is 2.18 bits per heavy atom. The molecule has 2 aromatic carbocycles. The van der Waals surface area contributed by atoms with Gasteiger partial charge in [-0.15, -0.1) is 0 Å². The zero-order chi connectivity index (χ0) is 21.1. The van der Waals surface area contributed by atoms with Crippen LogP contribution in [-0.4, -0.2) is 26.6 Å². The lowest BCUT2D eigenvalue weighted by molar-refractivity contribution is -0.117. The van der Waals surface area contributed by atoms with Crippen molar-refractivity contribution in [2.24, 2.45) is 0 Å². The fourth-order valence-corrected chi connectivity index (χ4v) is 4.51. The molecule has 0 unspecified atom stereocenters. The van der Waals surface area contributed by atoms with E-state index in [-0.39, 0.29) is 11.8 Å². The lowest BCUT2D eigenvalue weighted by Crippen LogP contribution is -2.47. The van der Waals surface area contributed by atoms with Crippen molar-refractivity contribution in [2.45, 2.75) is 53.0 Å². The van der Waals surface area contributed by atoms with E-state index in [4.69, 9.17) is 0 Å². The number of benzene rings is 2. The number of anilines is 2. The normalized spacial score (nSPS) is 12.7. The van der Waals surface area contributed by atoms with E-state index in [1.54, 1.807) is 12.1 Å². The van der Waals surface area contributed by atoms with Crippen LogP contribution in [0, 0.1) is 13.8 Å². The Kier molecular flexibility index (Phi) is 6.88. The van der Waals surface area contributed by atoms with Gasteiger partial charge in [0.1, 0.15) is 6.04 Å². The van der Waals surface area contributed by atoms with Crippen molar-refractivity contribution in [3.63, 3.8) is 0 Å². The molecule has 0 spiro atoms. The van der Waals surface area contributed by atoms with E-state index in [2.05, 4.69) is 19.2 Å². The molecule has 5 nitrogen and oxygen atoms in total. The zero-order valence-corrected chi connectivity index (χ0v) is 18.3. The van der Waals surface area contributed by atoms with Crippen molar-refractivity contribution in [1.82, 2.24) is 0 Å². The summed E-state index contributed by atoms with van der Waals surface area (Å²) in [5.74, 6) is -0.0944. The first kappa shape index (κ1) is 22.0. The Labute approximate surface area is 168 Å². The van der Waals surface area contributed by atoms with Gasteiger partial charge in [0.2, 0.25) is 15.9 Å². The van der Waals surface area contributed by atoms with Gasteiger partial charge < -0.3 is 5.32 Å². The number of nitrogens with one attached hydrogen (secondary N) is 1. The topological polar surface area (TPSA) is 66.5 Å². The number of carbonyl (C=O) groups is 1. The number of sulfonamides is 1. The van der Waals surface area contributed by atoms with Crippen LogP contribution in [0.5, 0.6) is 0 Å². The molecule has 1 N–H and O–H groups in total. The van der Waals surface area contributed by atoms with Gasteiger partial charge in [-0.2, -0.15) is 0 Å². The number of hydrogen-bond acceptors (Lipinski definition) is 3. The van der Waals surface area contributed by atoms with Gasteiger partial charge >= 0.3 is 0 Å². The molecular weight excluding hydrogens is 372 g/mol. The Balaban J connectivity index is 2.45. The fraction of sp³-hybridized carbons (Fsp3) is 0.409. The third kappa shape index (κ3) is 4.93. The van der Waals surface area contributed by atoms with Gasteiger partial charge in [0.15, 0.2) is 0 Å². The molecule has 2 aromatic rings. The molecule has 152 valence electrons. The first-order chi connectivity index (χ1) is 13.1. The number of aryl methyl sites for hydroxylation is 2. The van der Waals surface area contributed by atoms with Crippen LogP contribution in [0.2, 0.25) is 0 Å². The molecule has 1 atom stereocenters. The minimum Gasteiger partial charge on any atom is -0.324 e. The van der Waals surface area contributed by atoms with Crippen LogP contribution in [-0.2, 0) is 14.8 Å². The smallest absolute Gasteiger partial charge is 0.248 e. The monoisotopic (exact) mass is 402 g/mol. The lowest BCUT2D eigenvalue weighted by Gasteiger charge is -2.30. The van der Waals surface area contributed by atoms with Crippen LogP contribution >= 0.6 is 0 Å². The van der Waals surface area contributed by atoms with Crippen LogP contribution in [0.4, 0.5) is 11.4 Å². The number of hydrogen-bond donors (Lipinski definition) is 1.